The van der Waals surface area contributed by atoms with Crippen molar-refractivity contribution in [1.82, 2.24) is 5.32 Å². The zero-order valence-electron chi connectivity index (χ0n) is 12.6. The molecule has 0 radical (unpaired) electrons. The molecule has 6 nitrogen and oxygen atoms in total. The highest BCUT2D eigenvalue weighted by Gasteiger charge is 2.35. The Bertz CT molecular complexity index is 564. The topological polar surface area (TPSA) is 87.5 Å². The number of hydrogen-bond donors (Lipinski definition) is 3. The van der Waals surface area contributed by atoms with Crippen LogP contribution in [0.5, 0.6) is 0 Å². The molecule has 1 aliphatic heterocycles. The van der Waals surface area contributed by atoms with Gasteiger partial charge in [0.2, 0.25) is 5.91 Å². The molecule has 1 aliphatic carbocycles. The van der Waals surface area contributed by atoms with Crippen LogP contribution in [0.4, 0.5) is 16.2 Å². The van der Waals surface area contributed by atoms with E-state index in [-0.39, 0.29) is 11.9 Å². The number of anilines is 2. The number of nitrogens with two attached hydrogens (primary N) is 1. The lowest BCUT2D eigenvalue weighted by molar-refractivity contribution is -0.122. The summed E-state index contributed by atoms with van der Waals surface area (Å²) in [7, 11) is 0. The largest absolute Gasteiger partial charge is 0.336 e. The fourth-order valence-corrected chi connectivity index (χ4v) is 3.11. The lowest BCUT2D eigenvalue weighted by Gasteiger charge is -2.31. The van der Waals surface area contributed by atoms with Crippen molar-refractivity contribution in [2.75, 3.05) is 23.3 Å². The van der Waals surface area contributed by atoms with Crippen LogP contribution in [-0.4, -0.2) is 30.6 Å². The Labute approximate surface area is 130 Å². The van der Waals surface area contributed by atoms with E-state index in [4.69, 9.17) is 5.73 Å². The maximum atomic E-state index is 12.4. The van der Waals surface area contributed by atoms with Crippen molar-refractivity contribution < 1.29 is 9.59 Å². The standard InChI is InChI=1S/C16H22N4O2/c17-16(8-2-1-3-9-16)14(21)19-12-4-6-13(7-5-12)20-11-10-18-15(20)22/h4-7H,1-3,8-11,17H2,(H,18,22)(H,19,21). The van der Waals surface area contributed by atoms with E-state index in [1.807, 2.05) is 24.3 Å². The first kappa shape index (κ1) is 14.8. The van der Waals surface area contributed by atoms with Gasteiger partial charge in [0.1, 0.15) is 0 Å². The summed E-state index contributed by atoms with van der Waals surface area (Å²) in [5.74, 6) is -0.112. The predicted molar refractivity (Wildman–Crippen MR) is 85.8 cm³/mol. The first-order valence-corrected chi connectivity index (χ1v) is 7.84. The van der Waals surface area contributed by atoms with E-state index in [0.29, 0.717) is 18.8 Å². The summed E-state index contributed by atoms with van der Waals surface area (Å²) in [5, 5.41) is 5.66. The third-order valence-electron chi connectivity index (χ3n) is 4.49. The van der Waals surface area contributed by atoms with Crippen LogP contribution in [0.1, 0.15) is 32.1 Å². The molecule has 22 heavy (non-hydrogen) atoms. The monoisotopic (exact) mass is 302 g/mol. The summed E-state index contributed by atoms with van der Waals surface area (Å²) in [6.45, 7) is 1.32. The maximum Gasteiger partial charge on any atom is 0.321 e. The highest BCUT2D eigenvalue weighted by molar-refractivity contribution is 5.98. The number of carbonyl (C=O) groups is 2. The van der Waals surface area contributed by atoms with Crippen LogP contribution in [0, 0.1) is 0 Å². The van der Waals surface area contributed by atoms with Crippen molar-refractivity contribution in [3.63, 3.8) is 0 Å². The van der Waals surface area contributed by atoms with Crippen molar-refractivity contribution >= 4 is 23.3 Å². The molecule has 1 aromatic carbocycles. The van der Waals surface area contributed by atoms with E-state index in [9.17, 15) is 9.59 Å². The lowest BCUT2D eigenvalue weighted by Crippen LogP contribution is -2.52. The van der Waals surface area contributed by atoms with Gasteiger partial charge in [-0.15, -0.1) is 0 Å². The molecule has 2 fully saturated rings. The Morgan fingerprint density at radius 3 is 2.45 bits per heavy atom. The van der Waals surface area contributed by atoms with Gasteiger partial charge in [-0.25, -0.2) is 4.79 Å². The van der Waals surface area contributed by atoms with Crippen LogP contribution in [0.3, 0.4) is 0 Å². The molecule has 0 unspecified atom stereocenters. The Morgan fingerprint density at radius 1 is 1.18 bits per heavy atom. The lowest BCUT2D eigenvalue weighted by atomic mass is 9.82. The number of nitrogens with zero attached hydrogens (tertiary/aromatic N) is 1. The molecule has 2 aliphatic rings. The van der Waals surface area contributed by atoms with Crippen molar-refractivity contribution in [2.45, 2.75) is 37.6 Å². The second kappa shape index (κ2) is 5.96. The molecule has 0 atom stereocenters. The van der Waals surface area contributed by atoms with Gasteiger partial charge in [0.05, 0.1) is 5.54 Å². The highest BCUT2D eigenvalue weighted by Crippen LogP contribution is 2.27. The van der Waals surface area contributed by atoms with Crippen LogP contribution in [0.25, 0.3) is 0 Å². The van der Waals surface area contributed by atoms with Crippen LogP contribution < -0.4 is 21.3 Å². The molecule has 6 heteroatoms. The fourth-order valence-electron chi connectivity index (χ4n) is 3.11. The van der Waals surface area contributed by atoms with Gasteiger partial charge in [-0.05, 0) is 37.1 Å². The third kappa shape index (κ3) is 2.92. The molecule has 3 rings (SSSR count). The highest BCUT2D eigenvalue weighted by atomic mass is 16.2. The second-order valence-corrected chi connectivity index (χ2v) is 6.10. The average molecular weight is 302 g/mol. The zero-order valence-corrected chi connectivity index (χ0v) is 12.6. The van der Waals surface area contributed by atoms with Gasteiger partial charge in [-0.3, -0.25) is 9.69 Å². The molecular weight excluding hydrogens is 280 g/mol. The van der Waals surface area contributed by atoms with Crippen LogP contribution in [-0.2, 0) is 4.79 Å². The van der Waals surface area contributed by atoms with Gasteiger partial charge >= 0.3 is 6.03 Å². The molecular formula is C16H22N4O2. The fraction of sp³-hybridized carbons (Fsp3) is 0.500. The predicted octanol–water partition coefficient (Wildman–Crippen LogP) is 1.82. The number of carbonyl (C=O) groups excluding carboxylic acids is 2. The summed E-state index contributed by atoms with van der Waals surface area (Å²) in [4.78, 5) is 25.7. The third-order valence-corrected chi connectivity index (χ3v) is 4.49. The molecule has 1 aromatic rings. The molecule has 1 saturated carbocycles. The number of benzene rings is 1. The first-order chi connectivity index (χ1) is 10.6. The minimum Gasteiger partial charge on any atom is -0.336 e. The van der Waals surface area contributed by atoms with Crippen molar-refractivity contribution in [1.29, 1.82) is 0 Å². The molecule has 4 N–H and O–H groups in total. The van der Waals surface area contributed by atoms with Crippen LogP contribution in [0.15, 0.2) is 24.3 Å². The SMILES string of the molecule is NC1(C(=O)Nc2ccc(N3CCNC3=O)cc2)CCCCC1. The smallest absolute Gasteiger partial charge is 0.321 e. The quantitative estimate of drug-likeness (QED) is 0.796. The van der Waals surface area contributed by atoms with E-state index < -0.39 is 5.54 Å². The van der Waals surface area contributed by atoms with E-state index in [2.05, 4.69) is 10.6 Å². The van der Waals surface area contributed by atoms with Crippen LogP contribution in [0.2, 0.25) is 0 Å². The average Bonchev–Trinajstić information content (AvgIpc) is 2.95. The minimum absolute atomic E-state index is 0.0834. The van der Waals surface area contributed by atoms with Gasteiger partial charge in [-0.2, -0.15) is 0 Å². The van der Waals surface area contributed by atoms with Gasteiger partial charge in [0.25, 0.3) is 0 Å². The molecule has 0 bridgehead atoms. The van der Waals surface area contributed by atoms with Gasteiger partial charge in [0, 0.05) is 24.5 Å². The number of hydrogen-bond acceptors (Lipinski definition) is 3. The summed E-state index contributed by atoms with van der Waals surface area (Å²) in [5.41, 5.74) is 7.02. The van der Waals surface area contributed by atoms with Gasteiger partial charge < -0.3 is 16.4 Å². The first-order valence-electron chi connectivity index (χ1n) is 7.84. The minimum atomic E-state index is -0.744. The van der Waals surface area contributed by atoms with Crippen molar-refractivity contribution in [3.05, 3.63) is 24.3 Å². The van der Waals surface area contributed by atoms with E-state index in [1.54, 1.807) is 4.90 Å². The molecule has 1 saturated heterocycles. The summed E-state index contributed by atoms with van der Waals surface area (Å²) < 4.78 is 0. The Kier molecular flexibility index (Phi) is 4.02. The Morgan fingerprint density at radius 2 is 1.86 bits per heavy atom. The van der Waals surface area contributed by atoms with Crippen molar-refractivity contribution in [3.8, 4) is 0 Å². The summed E-state index contributed by atoms with van der Waals surface area (Å²) >= 11 is 0. The second-order valence-electron chi connectivity index (χ2n) is 6.10. The van der Waals surface area contributed by atoms with Crippen molar-refractivity contribution in [2.24, 2.45) is 5.73 Å². The molecule has 118 valence electrons. The van der Waals surface area contributed by atoms with Crippen LogP contribution >= 0.6 is 0 Å². The Balaban J connectivity index is 1.65. The number of amides is 3. The maximum absolute atomic E-state index is 12.4. The van der Waals surface area contributed by atoms with Gasteiger partial charge in [-0.1, -0.05) is 19.3 Å². The molecule has 1 heterocycles. The van der Waals surface area contributed by atoms with E-state index >= 15 is 0 Å². The normalized spacial score (nSPS) is 20.6. The number of nitrogens with one attached hydrogen (secondary N) is 2. The molecule has 0 spiro atoms. The molecule has 3 amide bonds. The number of rotatable bonds is 3. The van der Waals surface area contributed by atoms with Gasteiger partial charge in [0.15, 0.2) is 0 Å². The number of urea groups is 1. The summed E-state index contributed by atoms with van der Waals surface area (Å²) in [6, 6.07) is 7.21. The Hall–Kier alpha value is -2.08. The van der Waals surface area contributed by atoms with E-state index in [0.717, 1.165) is 37.8 Å². The summed E-state index contributed by atoms with van der Waals surface area (Å²) in [6.07, 6.45) is 4.65. The van der Waals surface area contributed by atoms with E-state index in [1.165, 1.54) is 0 Å². The molecule has 0 aromatic heterocycles. The zero-order chi connectivity index (χ0) is 15.6.